The van der Waals surface area contributed by atoms with E-state index < -0.39 is 8.25 Å². The van der Waals surface area contributed by atoms with Crippen molar-refractivity contribution < 1.29 is 14.0 Å². The predicted molar refractivity (Wildman–Crippen MR) is 38.8 cm³/mol. The van der Waals surface area contributed by atoms with Crippen molar-refractivity contribution in [2.45, 2.75) is 12.8 Å². The smallest absolute Gasteiger partial charge is 0.133 e. The van der Waals surface area contributed by atoms with Gasteiger partial charge in [-0.05, 0) is 12.8 Å². The maximum absolute atomic E-state index is 9.88. The minimum Gasteiger partial charge on any atom is -0.133 e. The Bertz CT molecular complexity index is 87.9. The number of alkyl halides is 1. The molecule has 0 heterocycles. The number of rotatable bonds is 5. The van der Waals surface area contributed by atoms with Gasteiger partial charge in [0.1, 0.15) is 6.61 Å². The van der Waals surface area contributed by atoms with Crippen LogP contribution in [0.1, 0.15) is 12.8 Å². The summed E-state index contributed by atoms with van der Waals surface area (Å²) >= 11 is 3.23. The Morgan fingerprint density at radius 2 is 2.22 bits per heavy atom. The lowest BCUT2D eigenvalue weighted by Crippen LogP contribution is -1.86. The van der Waals surface area contributed by atoms with Gasteiger partial charge in [0.25, 0.3) is 0 Å². The molecule has 0 aliphatic rings. The SMILES string of the molecule is O=[P+](O)OCCCCBr. The molecule has 0 aromatic rings. The van der Waals surface area contributed by atoms with Crippen LogP contribution in [0.2, 0.25) is 0 Å². The van der Waals surface area contributed by atoms with Crippen LogP contribution < -0.4 is 0 Å². The third kappa shape index (κ3) is 8.50. The summed E-state index contributed by atoms with van der Waals surface area (Å²) in [5, 5.41) is 0.915. The maximum Gasteiger partial charge on any atom is 0.694 e. The Morgan fingerprint density at radius 1 is 1.56 bits per heavy atom. The fraction of sp³-hybridized carbons (Fsp3) is 1.00. The lowest BCUT2D eigenvalue weighted by Gasteiger charge is -1.87. The molecule has 0 rings (SSSR count). The van der Waals surface area contributed by atoms with Gasteiger partial charge in [0.2, 0.25) is 0 Å². The third-order valence-corrected chi connectivity index (χ3v) is 1.69. The van der Waals surface area contributed by atoms with E-state index in [9.17, 15) is 4.57 Å². The molecule has 0 amide bonds. The van der Waals surface area contributed by atoms with Crippen LogP contribution in [0.5, 0.6) is 0 Å². The molecule has 0 fully saturated rings. The molecule has 0 radical (unpaired) electrons. The van der Waals surface area contributed by atoms with Gasteiger partial charge in [0.15, 0.2) is 0 Å². The molecule has 1 unspecified atom stereocenters. The van der Waals surface area contributed by atoms with Crippen LogP contribution in [0.3, 0.4) is 0 Å². The van der Waals surface area contributed by atoms with Crippen LogP contribution in [-0.2, 0) is 9.09 Å². The number of hydrogen-bond acceptors (Lipinski definition) is 2. The first-order valence-corrected chi connectivity index (χ1v) is 4.87. The zero-order valence-electron chi connectivity index (χ0n) is 4.92. The fourth-order valence-electron chi connectivity index (χ4n) is 0.339. The summed E-state index contributed by atoms with van der Waals surface area (Å²) in [6.07, 6.45) is 1.80. The van der Waals surface area contributed by atoms with Gasteiger partial charge in [-0.2, -0.15) is 0 Å². The molecule has 3 nitrogen and oxygen atoms in total. The van der Waals surface area contributed by atoms with E-state index in [1.165, 1.54) is 0 Å². The van der Waals surface area contributed by atoms with E-state index in [2.05, 4.69) is 20.5 Å². The first-order chi connectivity index (χ1) is 4.27. The second-order valence-corrected chi connectivity index (χ2v) is 2.99. The molecule has 0 aromatic carbocycles. The highest BCUT2D eigenvalue weighted by molar-refractivity contribution is 9.09. The first-order valence-electron chi connectivity index (χ1n) is 2.62. The average molecular weight is 216 g/mol. The molecule has 0 aliphatic carbocycles. The van der Waals surface area contributed by atoms with Crippen molar-refractivity contribution in [2.75, 3.05) is 11.9 Å². The normalized spacial score (nSPS) is 11.6. The molecule has 1 N–H and O–H groups in total. The lowest BCUT2D eigenvalue weighted by molar-refractivity contribution is 0.277. The van der Waals surface area contributed by atoms with E-state index in [1.54, 1.807) is 0 Å². The minimum atomic E-state index is -2.38. The monoisotopic (exact) mass is 215 g/mol. The van der Waals surface area contributed by atoms with Gasteiger partial charge in [-0.3, -0.25) is 0 Å². The maximum atomic E-state index is 9.88. The topological polar surface area (TPSA) is 46.5 Å². The zero-order valence-corrected chi connectivity index (χ0v) is 7.40. The molecule has 54 valence electrons. The summed E-state index contributed by atoms with van der Waals surface area (Å²) in [5.41, 5.74) is 0. The van der Waals surface area contributed by atoms with Crippen molar-refractivity contribution >= 4 is 24.2 Å². The van der Waals surface area contributed by atoms with Crippen molar-refractivity contribution in [3.05, 3.63) is 0 Å². The van der Waals surface area contributed by atoms with Crippen LogP contribution in [0.25, 0.3) is 0 Å². The Labute approximate surface area is 63.5 Å². The highest BCUT2D eigenvalue weighted by Gasteiger charge is 2.09. The molecular formula is C4H9BrO3P+. The van der Waals surface area contributed by atoms with Crippen LogP contribution in [0.4, 0.5) is 0 Å². The standard InChI is InChI=1S/C4H8BrO3P/c5-3-1-2-4-8-9(6)7/h1-4H2/p+1. The first kappa shape index (κ1) is 9.50. The summed E-state index contributed by atoms with van der Waals surface area (Å²) in [6, 6.07) is 0. The molecule has 9 heavy (non-hydrogen) atoms. The van der Waals surface area contributed by atoms with E-state index in [1.807, 2.05) is 0 Å². The molecule has 0 aliphatic heterocycles. The second kappa shape index (κ2) is 6.62. The van der Waals surface area contributed by atoms with Gasteiger partial charge >= 0.3 is 8.25 Å². The Kier molecular flexibility index (Phi) is 6.99. The number of halogens is 1. The second-order valence-electron chi connectivity index (χ2n) is 1.47. The molecule has 0 saturated heterocycles. The lowest BCUT2D eigenvalue weighted by atomic mass is 10.4. The molecule has 0 aromatic heterocycles. The van der Waals surface area contributed by atoms with Crippen LogP contribution in [-0.4, -0.2) is 16.8 Å². The van der Waals surface area contributed by atoms with E-state index in [4.69, 9.17) is 4.89 Å². The summed E-state index contributed by atoms with van der Waals surface area (Å²) in [6.45, 7) is 0.372. The van der Waals surface area contributed by atoms with Crippen LogP contribution in [0.15, 0.2) is 0 Å². The van der Waals surface area contributed by atoms with Gasteiger partial charge in [-0.15, -0.1) is 9.42 Å². The number of unbranched alkanes of at least 4 members (excludes halogenated alkanes) is 1. The average Bonchev–Trinajstić information content (AvgIpc) is 1.80. The van der Waals surface area contributed by atoms with Gasteiger partial charge in [-0.25, -0.2) is 0 Å². The van der Waals surface area contributed by atoms with Gasteiger partial charge < -0.3 is 0 Å². The Morgan fingerprint density at radius 3 is 2.67 bits per heavy atom. The van der Waals surface area contributed by atoms with Crippen molar-refractivity contribution in [1.29, 1.82) is 0 Å². The quantitative estimate of drug-likeness (QED) is 0.433. The highest BCUT2D eigenvalue weighted by Crippen LogP contribution is 2.14. The largest absolute Gasteiger partial charge is 0.694 e. The van der Waals surface area contributed by atoms with Crippen LogP contribution in [0, 0.1) is 0 Å². The van der Waals surface area contributed by atoms with E-state index in [-0.39, 0.29) is 0 Å². The van der Waals surface area contributed by atoms with Gasteiger partial charge in [-0.1, -0.05) is 15.9 Å². The van der Waals surface area contributed by atoms with Crippen molar-refractivity contribution in [3.63, 3.8) is 0 Å². The van der Waals surface area contributed by atoms with E-state index in [0.717, 1.165) is 18.2 Å². The van der Waals surface area contributed by atoms with Gasteiger partial charge in [0, 0.05) is 9.90 Å². The minimum absolute atomic E-state index is 0.372. The van der Waals surface area contributed by atoms with E-state index >= 15 is 0 Å². The van der Waals surface area contributed by atoms with Crippen molar-refractivity contribution in [1.82, 2.24) is 0 Å². The van der Waals surface area contributed by atoms with Crippen molar-refractivity contribution in [2.24, 2.45) is 0 Å². The fourth-order valence-corrected chi connectivity index (χ4v) is 1.02. The predicted octanol–water partition coefficient (Wildman–Crippen LogP) is 1.83. The van der Waals surface area contributed by atoms with Crippen LogP contribution >= 0.6 is 24.2 Å². The van der Waals surface area contributed by atoms with Crippen molar-refractivity contribution in [3.8, 4) is 0 Å². The summed E-state index contributed by atoms with van der Waals surface area (Å²) in [7, 11) is -2.38. The Balaban J connectivity index is 2.83. The summed E-state index contributed by atoms with van der Waals surface area (Å²) < 4.78 is 14.3. The van der Waals surface area contributed by atoms with Gasteiger partial charge in [0.05, 0.1) is 0 Å². The summed E-state index contributed by atoms with van der Waals surface area (Å²) in [4.78, 5) is 8.13. The molecule has 1 atom stereocenters. The molecule has 5 heteroatoms. The molecule has 0 bridgehead atoms. The molecule has 0 saturated carbocycles. The molecular weight excluding hydrogens is 207 g/mol. The highest BCUT2D eigenvalue weighted by atomic mass is 79.9. The Hall–Kier alpha value is 0.500. The number of hydrogen-bond donors (Lipinski definition) is 1. The molecule has 0 spiro atoms. The third-order valence-electron chi connectivity index (χ3n) is 0.730. The zero-order chi connectivity index (χ0) is 7.11. The van der Waals surface area contributed by atoms with E-state index in [0.29, 0.717) is 6.61 Å². The summed E-state index contributed by atoms with van der Waals surface area (Å²) in [5.74, 6) is 0.